The molecule has 0 bridgehead atoms. The maximum atomic E-state index is 13.8. The Bertz CT molecular complexity index is 1770. The lowest BCUT2D eigenvalue weighted by atomic mass is 9.80. The van der Waals surface area contributed by atoms with Gasteiger partial charge in [-0.2, -0.15) is 0 Å². The van der Waals surface area contributed by atoms with E-state index in [0.29, 0.717) is 16.9 Å². The number of anilines is 2. The second kappa shape index (κ2) is 8.42. The number of nitrogens with one attached hydrogen (secondary N) is 1. The van der Waals surface area contributed by atoms with Gasteiger partial charge in [-0.15, -0.1) is 0 Å². The third-order valence-electron chi connectivity index (χ3n) is 6.43. The van der Waals surface area contributed by atoms with Crippen LogP contribution in [0.5, 0.6) is 5.75 Å². The molecule has 1 aliphatic rings. The van der Waals surface area contributed by atoms with Gasteiger partial charge in [-0.3, -0.25) is 9.78 Å². The summed E-state index contributed by atoms with van der Waals surface area (Å²) in [5.74, 6) is -1.93. The highest BCUT2D eigenvalue weighted by Crippen LogP contribution is 2.47. The summed E-state index contributed by atoms with van der Waals surface area (Å²) >= 11 is 6.28. The number of carbonyl (C=O) groups excluding carboxylic acids is 1. The molecule has 13 heteroatoms. The van der Waals surface area contributed by atoms with Gasteiger partial charge in [0.15, 0.2) is 11.5 Å². The maximum Gasteiger partial charge on any atom is 0.242 e. The van der Waals surface area contributed by atoms with Gasteiger partial charge < -0.3 is 20.6 Å². The molecule has 1 unspecified atom stereocenters. The Morgan fingerprint density at radius 3 is 2.66 bits per heavy atom. The van der Waals surface area contributed by atoms with Gasteiger partial charge in [-0.05, 0) is 30.7 Å². The molecule has 10 nitrogen and oxygen atoms in total. The van der Waals surface area contributed by atoms with Gasteiger partial charge in [0.25, 0.3) is 0 Å². The molecule has 0 saturated heterocycles. The molecule has 1 atom stereocenters. The van der Waals surface area contributed by atoms with Crippen molar-refractivity contribution in [2.24, 2.45) is 0 Å². The molecule has 6 rings (SSSR count). The number of benzene rings is 1. The number of rotatable bonds is 4. The number of hydrogen-bond donors (Lipinski definition) is 3. The summed E-state index contributed by atoms with van der Waals surface area (Å²) in [6, 6.07) is 4.54. The van der Waals surface area contributed by atoms with E-state index >= 15 is 0 Å². The first kappa shape index (κ1) is 23.7. The zero-order valence-corrected chi connectivity index (χ0v) is 20.3. The normalized spacial score (nSPS) is 16.6. The highest BCUT2D eigenvalue weighted by molar-refractivity contribution is 6.33. The summed E-state index contributed by atoms with van der Waals surface area (Å²) in [7, 11) is 0. The number of aromatic hydroxyl groups is 1. The van der Waals surface area contributed by atoms with Crippen LogP contribution in [0, 0.1) is 11.6 Å². The predicted molar refractivity (Wildman–Crippen MR) is 134 cm³/mol. The zero-order chi connectivity index (χ0) is 26.8. The van der Waals surface area contributed by atoms with Crippen molar-refractivity contribution in [1.82, 2.24) is 29.3 Å². The van der Waals surface area contributed by atoms with Crippen molar-refractivity contribution in [2.75, 3.05) is 11.1 Å². The lowest BCUT2D eigenvalue weighted by Gasteiger charge is -2.23. The van der Waals surface area contributed by atoms with E-state index in [2.05, 4.69) is 30.2 Å². The summed E-state index contributed by atoms with van der Waals surface area (Å²) in [5, 5.41) is 12.7. The number of aromatic nitrogens is 6. The number of nitrogen functional groups attached to an aromatic ring is 1. The first-order valence-corrected chi connectivity index (χ1v) is 11.6. The third-order valence-corrected chi connectivity index (χ3v) is 6.80. The van der Waals surface area contributed by atoms with Crippen LogP contribution < -0.4 is 11.1 Å². The molecular formula is C25H17ClF2N8O2. The standard InChI is InChI=1S/C25H17ClF2N8O2/c1-25(19-18(26)16(37)2-3-30-19)17-20(29)33-21(34-22(17)35-24(25)38)15-10-36-5-4-31-23(36)14(32-15)8-11-6-12(27)9-13(28)7-11/h2-7,9-10H,8H2,1H3,(H,30,37)(H3,29,33,34,35,38). The van der Waals surface area contributed by atoms with Gasteiger partial charge in [0.1, 0.15) is 45.2 Å². The van der Waals surface area contributed by atoms with Crippen molar-refractivity contribution in [3.63, 3.8) is 0 Å². The van der Waals surface area contributed by atoms with Crippen LogP contribution in [-0.4, -0.2) is 40.3 Å². The smallest absolute Gasteiger partial charge is 0.242 e. The minimum Gasteiger partial charge on any atom is -0.506 e. The molecule has 0 radical (unpaired) electrons. The van der Waals surface area contributed by atoms with Gasteiger partial charge in [0, 0.05) is 37.3 Å². The molecule has 190 valence electrons. The van der Waals surface area contributed by atoms with E-state index in [1.807, 2.05) is 0 Å². The molecule has 4 aromatic heterocycles. The Labute approximate surface area is 218 Å². The number of hydrogen-bond acceptors (Lipinski definition) is 8. The molecule has 5 heterocycles. The summed E-state index contributed by atoms with van der Waals surface area (Å²) in [6.07, 6.45) is 6.28. The molecule has 0 aliphatic carbocycles. The van der Waals surface area contributed by atoms with Crippen molar-refractivity contribution in [2.45, 2.75) is 18.8 Å². The van der Waals surface area contributed by atoms with Crippen molar-refractivity contribution >= 4 is 34.8 Å². The van der Waals surface area contributed by atoms with Crippen LogP contribution in [0.15, 0.2) is 49.1 Å². The van der Waals surface area contributed by atoms with Gasteiger partial charge in [0.05, 0.1) is 17.0 Å². The topological polar surface area (TPSA) is 144 Å². The molecule has 4 N–H and O–H groups in total. The SMILES string of the molecule is CC1(c2nccc(O)c2Cl)C(=O)Nc2nc(-c3cn4ccnc4c(Cc4cc(F)cc(F)c4)n3)nc(N)c21. The van der Waals surface area contributed by atoms with Crippen molar-refractivity contribution in [1.29, 1.82) is 0 Å². The molecule has 1 amide bonds. The van der Waals surface area contributed by atoms with Crippen molar-refractivity contribution in [3.8, 4) is 17.3 Å². The number of carbonyl (C=O) groups is 1. The van der Waals surface area contributed by atoms with Gasteiger partial charge in [-0.25, -0.2) is 28.7 Å². The van der Waals surface area contributed by atoms with Crippen molar-refractivity contribution < 1.29 is 18.7 Å². The minimum absolute atomic E-state index is 0.0201. The van der Waals surface area contributed by atoms with E-state index in [9.17, 15) is 18.7 Å². The number of imidazole rings is 1. The van der Waals surface area contributed by atoms with Crippen LogP contribution in [0.3, 0.4) is 0 Å². The van der Waals surface area contributed by atoms with Crippen LogP contribution in [0.25, 0.3) is 17.2 Å². The lowest BCUT2D eigenvalue weighted by Crippen LogP contribution is -2.34. The fraction of sp³-hybridized carbons (Fsp3) is 0.120. The average Bonchev–Trinajstić information content (AvgIpc) is 3.43. The van der Waals surface area contributed by atoms with Crippen LogP contribution in [0.2, 0.25) is 5.02 Å². The van der Waals surface area contributed by atoms with Crippen LogP contribution in [-0.2, 0) is 16.6 Å². The van der Waals surface area contributed by atoms with Crippen LogP contribution in [0.1, 0.15) is 29.4 Å². The Balaban J connectivity index is 1.47. The van der Waals surface area contributed by atoms with Gasteiger partial charge in [0.2, 0.25) is 5.91 Å². The Kier molecular flexibility index (Phi) is 5.24. The predicted octanol–water partition coefficient (Wildman–Crippen LogP) is 3.65. The largest absolute Gasteiger partial charge is 0.506 e. The van der Waals surface area contributed by atoms with Crippen LogP contribution in [0.4, 0.5) is 20.4 Å². The third kappa shape index (κ3) is 3.60. The molecular weight excluding hydrogens is 518 g/mol. The molecule has 0 fully saturated rings. The fourth-order valence-corrected chi connectivity index (χ4v) is 4.96. The first-order chi connectivity index (χ1) is 18.1. The lowest BCUT2D eigenvalue weighted by molar-refractivity contribution is -0.119. The minimum atomic E-state index is -1.47. The molecule has 0 spiro atoms. The Morgan fingerprint density at radius 2 is 1.89 bits per heavy atom. The number of nitrogens with zero attached hydrogens (tertiary/aromatic N) is 6. The highest BCUT2D eigenvalue weighted by Gasteiger charge is 2.50. The number of fused-ring (bicyclic) bond motifs is 2. The summed E-state index contributed by atoms with van der Waals surface area (Å²) < 4.78 is 29.3. The van der Waals surface area contributed by atoms with Crippen molar-refractivity contribution in [3.05, 3.63) is 88.2 Å². The molecule has 38 heavy (non-hydrogen) atoms. The highest BCUT2D eigenvalue weighted by atomic mass is 35.5. The average molecular weight is 535 g/mol. The molecule has 1 aliphatic heterocycles. The Hall–Kier alpha value is -4.71. The fourth-order valence-electron chi connectivity index (χ4n) is 4.66. The Morgan fingerprint density at radius 1 is 1.13 bits per heavy atom. The van der Waals surface area contributed by atoms with E-state index < -0.39 is 23.0 Å². The quantitative estimate of drug-likeness (QED) is 0.317. The van der Waals surface area contributed by atoms with Crippen LogP contribution >= 0.6 is 11.6 Å². The van der Waals surface area contributed by atoms with E-state index in [1.165, 1.54) is 24.4 Å². The van der Waals surface area contributed by atoms with Gasteiger partial charge >= 0.3 is 0 Å². The van der Waals surface area contributed by atoms with E-state index in [1.54, 1.807) is 29.9 Å². The first-order valence-electron chi connectivity index (χ1n) is 11.3. The zero-order valence-electron chi connectivity index (χ0n) is 19.6. The number of pyridine rings is 1. The summed E-state index contributed by atoms with van der Waals surface area (Å²) in [5.41, 5.74) is 6.79. The second-order valence-electron chi connectivity index (χ2n) is 8.91. The second-order valence-corrected chi connectivity index (χ2v) is 9.29. The summed E-state index contributed by atoms with van der Waals surface area (Å²) in [6.45, 7) is 1.56. The summed E-state index contributed by atoms with van der Waals surface area (Å²) in [4.78, 5) is 35.2. The van der Waals surface area contributed by atoms with E-state index in [0.717, 1.165) is 6.07 Å². The van der Waals surface area contributed by atoms with E-state index in [4.69, 9.17) is 17.3 Å². The molecule has 0 saturated carbocycles. The number of halogens is 3. The molecule has 5 aromatic rings. The number of nitrogens with two attached hydrogens (primary N) is 1. The van der Waals surface area contributed by atoms with Gasteiger partial charge in [-0.1, -0.05) is 11.6 Å². The monoisotopic (exact) mass is 534 g/mol. The molecule has 1 aromatic carbocycles. The van der Waals surface area contributed by atoms with E-state index in [-0.39, 0.29) is 51.6 Å². The number of amides is 1. The maximum absolute atomic E-state index is 13.8.